The fraction of sp³-hybridized carbons (Fsp3) is 0.333. The Morgan fingerprint density at radius 3 is 2.52 bits per heavy atom. The number of methoxy groups -OCH3 is 1. The molecule has 0 spiro atoms. The van der Waals surface area contributed by atoms with Crippen LogP contribution in [0.5, 0.6) is 11.5 Å². The van der Waals surface area contributed by atoms with Crippen molar-refractivity contribution in [2.24, 2.45) is 0 Å². The van der Waals surface area contributed by atoms with Crippen molar-refractivity contribution in [1.29, 1.82) is 0 Å². The summed E-state index contributed by atoms with van der Waals surface area (Å²) in [5.74, 6) is -1.29. The summed E-state index contributed by atoms with van der Waals surface area (Å²) in [6.45, 7) is 5.11. The van der Waals surface area contributed by atoms with Crippen LogP contribution in [-0.2, 0) is 20.7 Å². The van der Waals surface area contributed by atoms with E-state index in [1.807, 2.05) is 0 Å². The average Bonchev–Trinajstić information content (AvgIpc) is 2.42. The molecule has 0 aliphatic heterocycles. The third-order valence-corrected chi connectivity index (χ3v) is 2.89. The number of aromatic hydroxyl groups is 2. The molecule has 1 aromatic rings. The summed E-state index contributed by atoms with van der Waals surface area (Å²) in [7, 11) is 1.27. The van der Waals surface area contributed by atoms with Gasteiger partial charge < -0.3 is 20.3 Å². The van der Waals surface area contributed by atoms with E-state index in [0.29, 0.717) is 17.6 Å². The number of benzene rings is 1. The number of carbonyl (C=O) groups is 2. The Morgan fingerprint density at radius 1 is 1.33 bits per heavy atom. The zero-order chi connectivity index (χ0) is 16.0. The molecule has 0 aliphatic rings. The number of rotatable bonds is 6. The lowest BCUT2D eigenvalue weighted by atomic mass is 10.0. The number of amides is 1. The molecule has 3 N–H and O–H groups in total. The molecule has 21 heavy (non-hydrogen) atoms. The summed E-state index contributed by atoms with van der Waals surface area (Å²) >= 11 is 0. The Balaban J connectivity index is 2.84. The van der Waals surface area contributed by atoms with E-state index in [1.165, 1.54) is 19.2 Å². The van der Waals surface area contributed by atoms with Gasteiger partial charge >= 0.3 is 5.97 Å². The highest BCUT2D eigenvalue weighted by molar-refractivity contribution is 5.92. The van der Waals surface area contributed by atoms with E-state index in [-0.39, 0.29) is 23.8 Å². The summed E-state index contributed by atoms with van der Waals surface area (Å²) in [5, 5.41) is 21.4. The van der Waals surface area contributed by atoms with Gasteiger partial charge in [0.1, 0.15) is 0 Å². The summed E-state index contributed by atoms with van der Waals surface area (Å²) in [6.07, 6.45) is 0.305. The van der Waals surface area contributed by atoms with Gasteiger partial charge in [0.2, 0.25) is 5.91 Å². The highest BCUT2D eigenvalue weighted by Gasteiger charge is 2.18. The number of esters is 1. The van der Waals surface area contributed by atoms with Crippen molar-refractivity contribution in [1.82, 2.24) is 5.32 Å². The van der Waals surface area contributed by atoms with Gasteiger partial charge in [-0.15, -0.1) is 0 Å². The van der Waals surface area contributed by atoms with Crippen LogP contribution in [0.15, 0.2) is 30.4 Å². The molecule has 1 aromatic carbocycles. The largest absolute Gasteiger partial charge is 0.504 e. The molecule has 0 fully saturated rings. The lowest BCUT2D eigenvalue weighted by molar-refractivity contribution is -0.141. The van der Waals surface area contributed by atoms with Gasteiger partial charge in [0.25, 0.3) is 0 Å². The first kappa shape index (κ1) is 16.6. The molecule has 0 aromatic heterocycles. The zero-order valence-electron chi connectivity index (χ0n) is 12.0. The normalized spacial score (nSPS) is 11.5. The van der Waals surface area contributed by atoms with Crippen LogP contribution < -0.4 is 5.32 Å². The molecular weight excluding hydrogens is 274 g/mol. The number of phenols is 2. The SMILES string of the molecule is C=C(C)C(=O)NC(CC(=O)OC)Cc1ccc(O)c(O)c1. The van der Waals surface area contributed by atoms with Gasteiger partial charge in [-0.3, -0.25) is 9.59 Å². The molecule has 1 rings (SSSR count). The highest BCUT2D eigenvalue weighted by Crippen LogP contribution is 2.25. The standard InChI is InChI=1S/C15H19NO5/c1-9(2)15(20)16-11(8-14(19)21-3)6-10-4-5-12(17)13(18)7-10/h4-5,7,11,17-18H,1,6,8H2,2-3H3,(H,16,20). The van der Waals surface area contributed by atoms with Gasteiger partial charge in [0.15, 0.2) is 11.5 Å². The van der Waals surface area contributed by atoms with Crippen LogP contribution in [0.2, 0.25) is 0 Å². The minimum absolute atomic E-state index is 0.00282. The highest BCUT2D eigenvalue weighted by atomic mass is 16.5. The summed E-state index contributed by atoms with van der Waals surface area (Å²) in [5.41, 5.74) is 1.000. The molecule has 0 bridgehead atoms. The number of ether oxygens (including phenoxy) is 1. The van der Waals surface area contributed by atoms with Crippen LogP contribution in [0.4, 0.5) is 0 Å². The third kappa shape index (κ3) is 5.18. The van der Waals surface area contributed by atoms with Crippen molar-refractivity contribution in [3.8, 4) is 11.5 Å². The van der Waals surface area contributed by atoms with Crippen LogP contribution in [0, 0.1) is 0 Å². The molecule has 0 radical (unpaired) electrons. The van der Waals surface area contributed by atoms with E-state index in [1.54, 1.807) is 13.0 Å². The molecule has 1 atom stereocenters. The van der Waals surface area contributed by atoms with E-state index in [0.717, 1.165) is 0 Å². The molecular formula is C15H19NO5. The van der Waals surface area contributed by atoms with Crippen molar-refractivity contribution >= 4 is 11.9 Å². The smallest absolute Gasteiger partial charge is 0.307 e. The molecule has 1 unspecified atom stereocenters. The average molecular weight is 293 g/mol. The Morgan fingerprint density at radius 2 is 2.00 bits per heavy atom. The summed E-state index contributed by atoms with van der Waals surface area (Å²) < 4.78 is 4.60. The maximum absolute atomic E-state index is 11.7. The number of hydrogen-bond donors (Lipinski definition) is 3. The second kappa shape index (κ2) is 7.33. The van der Waals surface area contributed by atoms with Crippen molar-refractivity contribution in [3.63, 3.8) is 0 Å². The molecule has 6 nitrogen and oxygen atoms in total. The quantitative estimate of drug-likeness (QED) is 0.417. The number of nitrogens with one attached hydrogen (secondary N) is 1. The number of phenolic OH excluding ortho intramolecular Hbond substituents is 2. The Bertz CT molecular complexity index is 553. The Labute approximate surface area is 123 Å². The third-order valence-electron chi connectivity index (χ3n) is 2.89. The number of carbonyl (C=O) groups excluding carboxylic acids is 2. The lowest BCUT2D eigenvalue weighted by Crippen LogP contribution is -2.38. The van der Waals surface area contributed by atoms with Crippen molar-refractivity contribution in [2.75, 3.05) is 7.11 Å². The first-order valence-corrected chi connectivity index (χ1v) is 6.37. The molecule has 114 valence electrons. The minimum Gasteiger partial charge on any atom is -0.504 e. The lowest BCUT2D eigenvalue weighted by Gasteiger charge is -2.18. The van der Waals surface area contributed by atoms with E-state index >= 15 is 0 Å². The van der Waals surface area contributed by atoms with Crippen LogP contribution >= 0.6 is 0 Å². The van der Waals surface area contributed by atoms with Gasteiger partial charge in [-0.2, -0.15) is 0 Å². The Kier molecular flexibility index (Phi) is 5.78. The predicted molar refractivity (Wildman–Crippen MR) is 76.9 cm³/mol. The maximum atomic E-state index is 11.7. The van der Waals surface area contributed by atoms with Gasteiger partial charge in [-0.25, -0.2) is 0 Å². The van der Waals surface area contributed by atoms with Gasteiger partial charge in [0, 0.05) is 11.6 Å². The molecule has 0 aliphatic carbocycles. The van der Waals surface area contributed by atoms with Crippen LogP contribution in [0.3, 0.4) is 0 Å². The first-order valence-electron chi connectivity index (χ1n) is 6.37. The predicted octanol–water partition coefficient (Wildman–Crippen LogP) is 1.26. The second-order valence-electron chi connectivity index (χ2n) is 4.76. The Hall–Kier alpha value is -2.50. The monoisotopic (exact) mass is 293 g/mol. The maximum Gasteiger partial charge on any atom is 0.307 e. The summed E-state index contributed by atoms with van der Waals surface area (Å²) in [4.78, 5) is 23.1. The van der Waals surface area contributed by atoms with E-state index in [2.05, 4.69) is 16.6 Å². The molecule has 0 heterocycles. The van der Waals surface area contributed by atoms with Gasteiger partial charge in [-0.05, 0) is 31.0 Å². The first-order chi connectivity index (χ1) is 9.83. The molecule has 0 saturated heterocycles. The van der Waals surface area contributed by atoms with Crippen molar-refractivity contribution in [2.45, 2.75) is 25.8 Å². The van der Waals surface area contributed by atoms with Crippen LogP contribution in [0.1, 0.15) is 18.9 Å². The fourth-order valence-electron chi connectivity index (χ4n) is 1.75. The van der Waals surface area contributed by atoms with Gasteiger partial charge in [0.05, 0.1) is 13.5 Å². The number of hydrogen-bond acceptors (Lipinski definition) is 5. The van der Waals surface area contributed by atoms with Crippen molar-refractivity contribution in [3.05, 3.63) is 35.9 Å². The van der Waals surface area contributed by atoms with Crippen LogP contribution in [-0.4, -0.2) is 35.2 Å². The van der Waals surface area contributed by atoms with E-state index < -0.39 is 12.0 Å². The molecule has 6 heteroatoms. The zero-order valence-corrected chi connectivity index (χ0v) is 12.0. The molecule has 1 amide bonds. The van der Waals surface area contributed by atoms with Crippen LogP contribution in [0.25, 0.3) is 0 Å². The fourth-order valence-corrected chi connectivity index (χ4v) is 1.75. The topological polar surface area (TPSA) is 95.9 Å². The van der Waals surface area contributed by atoms with E-state index in [9.17, 15) is 19.8 Å². The van der Waals surface area contributed by atoms with Crippen molar-refractivity contribution < 1.29 is 24.5 Å². The van der Waals surface area contributed by atoms with E-state index in [4.69, 9.17) is 0 Å². The van der Waals surface area contributed by atoms with Gasteiger partial charge in [-0.1, -0.05) is 12.6 Å². The molecule has 0 saturated carbocycles. The second-order valence-corrected chi connectivity index (χ2v) is 4.76. The minimum atomic E-state index is -0.495. The summed E-state index contributed by atoms with van der Waals surface area (Å²) in [6, 6.07) is 3.84.